The summed E-state index contributed by atoms with van der Waals surface area (Å²) in [7, 11) is 3.99. The van der Waals surface area contributed by atoms with E-state index >= 15 is 0 Å². The van der Waals surface area contributed by atoms with Gasteiger partial charge >= 0.3 is 0 Å². The normalized spacial score (nSPS) is 15.1. The molecule has 0 radical (unpaired) electrons. The van der Waals surface area contributed by atoms with Gasteiger partial charge in [0.25, 0.3) is 0 Å². The van der Waals surface area contributed by atoms with Gasteiger partial charge in [0, 0.05) is 62.8 Å². The summed E-state index contributed by atoms with van der Waals surface area (Å²) in [6, 6.07) is 6.18. The largest absolute Gasteiger partial charge is 0.363 e. The molecule has 0 amide bonds. The molecule has 0 aliphatic carbocycles. The second kappa shape index (κ2) is 6.24. The van der Waals surface area contributed by atoms with Gasteiger partial charge in [-0.2, -0.15) is 4.98 Å². The van der Waals surface area contributed by atoms with Crippen LogP contribution >= 0.6 is 11.3 Å². The van der Waals surface area contributed by atoms with Crippen molar-refractivity contribution in [1.82, 2.24) is 15.0 Å². The fourth-order valence-electron chi connectivity index (χ4n) is 2.99. The Morgan fingerprint density at radius 2 is 1.71 bits per heavy atom. The summed E-state index contributed by atoms with van der Waals surface area (Å²) in [4.78, 5) is 20.3. The zero-order chi connectivity index (χ0) is 16.5. The third-order valence-corrected chi connectivity index (χ3v) is 5.19. The van der Waals surface area contributed by atoms with Crippen LogP contribution in [-0.4, -0.2) is 55.2 Å². The van der Waals surface area contributed by atoms with Crippen molar-refractivity contribution in [3.8, 4) is 0 Å². The van der Waals surface area contributed by atoms with Crippen molar-refractivity contribution < 1.29 is 0 Å². The maximum Gasteiger partial charge on any atom is 0.227 e. The lowest BCUT2D eigenvalue weighted by Gasteiger charge is -2.35. The number of nitrogens with zero attached hydrogens (tertiary/aromatic N) is 6. The first-order valence-corrected chi connectivity index (χ1v) is 8.93. The van der Waals surface area contributed by atoms with Crippen LogP contribution in [0.1, 0.15) is 0 Å². The second-order valence-corrected chi connectivity index (χ2v) is 7.00. The van der Waals surface area contributed by atoms with Gasteiger partial charge in [-0.15, -0.1) is 11.3 Å². The minimum Gasteiger partial charge on any atom is -0.363 e. The summed E-state index contributed by atoms with van der Waals surface area (Å²) in [5.74, 6) is 2.84. The van der Waals surface area contributed by atoms with Crippen molar-refractivity contribution in [2.45, 2.75) is 0 Å². The van der Waals surface area contributed by atoms with Crippen LogP contribution in [0.2, 0.25) is 0 Å². The maximum absolute atomic E-state index is 4.64. The van der Waals surface area contributed by atoms with E-state index in [4.69, 9.17) is 0 Å². The number of hydrogen-bond acceptors (Lipinski definition) is 7. The number of thiophene rings is 1. The number of pyridine rings is 1. The third-order valence-electron chi connectivity index (χ3n) is 4.31. The first-order chi connectivity index (χ1) is 11.7. The molecule has 1 aliphatic heterocycles. The number of anilines is 3. The Balaban J connectivity index is 1.51. The third kappa shape index (κ3) is 2.75. The summed E-state index contributed by atoms with van der Waals surface area (Å²) < 4.78 is 1.30. The molecular weight excluding hydrogens is 320 g/mol. The number of aromatic nitrogens is 3. The molecule has 0 N–H and O–H groups in total. The van der Waals surface area contributed by atoms with E-state index in [2.05, 4.69) is 42.3 Å². The lowest BCUT2D eigenvalue weighted by molar-refractivity contribution is 0.636. The molecule has 4 heterocycles. The van der Waals surface area contributed by atoms with E-state index in [0.29, 0.717) is 0 Å². The van der Waals surface area contributed by atoms with Crippen molar-refractivity contribution >= 4 is 39.0 Å². The molecule has 3 aromatic heterocycles. The molecular formula is C17H20N6S. The SMILES string of the molecule is CN(C)c1ccnc(N2CCN(c3nccc4sccc34)CC2)n1. The van der Waals surface area contributed by atoms with Crippen LogP contribution in [-0.2, 0) is 0 Å². The Morgan fingerprint density at radius 1 is 0.958 bits per heavy atom. The van der Waals surface area contributed by atoms with E-state index in [-0.39, 0.29) is 0 Å². The molecule has 0 unspecified atom stereocenters. The van der Waals surface area contributed by atoms with Crippen LogP contribution < -0.4 is 14.7 Å². The molecule has 1 saturated heterocycles. The van der Waals surface area contributed by atoms with Gasteiger partial charge in [-0.05, 0) is 23.6 Å². The predicted molar refractivity (Wildman–Crippen MR) is 100 cm³/mol. The highest BCUT2D eigenvalue weighted by molar-refractivity contribution is 7.17. The molecule has 24 heavy (non-hydrogen) atoms. The average molecular weight is 340 g/mol. The monoisotopic (exact) mass is 340 g/mol. The van der Waals surface area contributed by atoms with Gasteiger partial charge < -0.3 is 14.7 Å². The first kappa shape index (κ1) is 15.1. The van der Waals surface area contributed by atoms with Crippen LogP contribution in [0.4, 0.5) is 17.6 Å². The zero-order valence-electron chi connectivity index (χ0n) is 13.9. The number of fused-ring (bicyclic) bond motifs is 1. The predicted octanol–water partition coefficient (Wildman–Crippen LogP) is 2.48. The van der Waals surface area contributed by atoms with E-state index in [0.717, 1.165) is 43.8 Å². The maximum atomic E-state index is 4.64. The summed E-state index contributed by atoms with van der Waals surface area (Å²) in [6.45, 7) is 3.66. The summed E-state index contributed by atoms with van der Waals surface area (Å²) in [5.41, 5.74) is 0. The number of rotatable bonds is 3. The summed E-state index contributed by atoms with van der Waals surface area (Å²) >= 11 is 1.77. The molecule has 0 atom stereocenters. The summed E-state index contributed by atoms with van der Waals surface area (Å²) in [6.07, 6.45) is 3.74. The van der Waals surface area contributed by atoms with Crippen LogP contribution in [0.25, 0.3) is 10.1 Å². The Kier molecular flexibility index (Phi) is 3.93. The van der Waals surface area contributed by atoms with Crippen LogP contribution in [0.5, 0.6) is 0 Å². The van der Waals surface area contributed by atoms with E-state index in [1.807, 2.05) is 37.5 Å². The fraction of sp³-hybridized carbons (Fsp3) is 0.353. The molecule has 124 valence electrons. The Morgan fingerprint density at radius 3 is 2.50 bits per heavy atom. The van der Waals surface area contributed by atoms with E-state index in [9.17, 15) is 0 Å². The van der Waals surface area contributed by atoms with E-state index in [1.54, 1.807) is 11.3 Å². The van der Waals surface area contributed by atoms with Crippen LogP contribution in [0.3, 0.4) is 0 Å². The van der Waals surface area contributed by atoms with Crippen molar-refractivity contribution in [1.29, 1.82) is 0 Å². The quantitative estimate of drug-likeness (QED) is 0.730. The van der Waals surface area contributed by atoms with Crippen molar-refractivity contribution in [2.75, 3.05) is 55.0 Å². The molecule has 0 spiro atoms. The first-order valence-electron chi connectivity index (χ1n) is 8.05. The van der Waals surface area contributed by atoms with Gasteiger partial charge in [-0.1, -0.05) is 0 Å². The average Bonchev–Trinajstić information content (AvgIpc) is 3.11. The highest BCUT2D eigenvalue weighted by Gasteiger charge is 2.21. The number of hydrogen-bond donors (Lipinski definition) is 0. The molecule has 1 fully saturated rings. The minimum atomic E-state index is 0.808. The molecule has 4 rings (SSSR count). The van der Waals surface area contributed by atoms with Gasteiger partial charge in [0.05, 0.1) is 0 Å². The van der Waals surface area contributed by atoms with Gasteiger partial charge in [0.2, 0.25) is 5.95 Å². The van der Waals surface area contributed by atoms with Gasteiger partial charge in [-0.25, -0.2) is 9.97 Å². The molecule has 7 heteroatoms. The topological polar surface area (TPSA) is 48.4 Å². The smallest absolute Gasteiger partial charge is 0.227 e. The molecule has 6 nitrogen and oxygen atoms in total. The Labute approximate surface area is 145 Å². The molecule has 0 bridgehead atoms. The molecule has 0 saturated carbocycles. The van der Waals surface area contributed by atoms with Crippen LogP contribution in [0.15, 0.2) is 36.0 Å². The minimum absolute atomic E-state index is 0.808. The highest BCUT2D eigenvalue weighted by Crippen LogP contribution is 2.29. The molecule has 1 aliphatic rings. The van der Waals surface area contributed by atoms with Gasteiger partial charge in [-0.3, -0.25) is 0 Å². The van der Waals surface area contributed by atoms with Gasteiger partial charge in [0.15, 0.2) is 0 Å². The second-order valence-electron chi connectivity index (χ2n) is 6.05. The zero-order valence-corrected chi connectivity index (χ0v) is 14.7. The van der Waals surface area contributed by atoms with E-state index in [1.165, 1.54) is 10.1 Å². The van der Waals surface area contributed by atoms with Crippen molar-refractivity contribution in [2.24, 2.45) is 0 Å². The lowest BCUT2D eigenvalue weighted by atomic mass is 10.2. The summed E-state index contributed by atoms with van der Waals surface area (Å²) in [5, 5.41) is 3.38. The van der Waals surface area contributed by atoms with Crippen molar-refractivity contribution in [3.05, 3.63) is 36.0 Å². The van der Waals surface area contributed by atoms with Gasteiger partial charge in [0.1, 0.15) is 11.6 Å². The standard InChI is InChI=1S/C17H20N6S/c1-21(2)15-4-7-19-17(20-15)23-10-8-22(9-11-23)16-13-5-12-24-14(13)3-6-18-16/h3-7,12H,8-11H2,1-2H3. The molecule has 0 aromatic carbocycles. The van der Waals surface area contributed by atoms with Crippen molar-refractivity contribution in [3.63, 3.8) is 0 Å². The van der Waals surface area contributed by atoms with Crippen LogP contribution in [0, 0.1) is 0 Å². The fourth-order valence-corrected chi connectivity index (χ4v) is 3.77. The Bertz CT molecular complexity index is 838. The lowest BCUT2D eigenvalue weighted by Crippen LogP contribution is -2.47. The molecule has 3 aromatic rings. The Hall–Kier alpha value is -2.41. The van der Waals surface area contributed by atoms with E-state index < -0.39 is 0 Å². The number of piperazine rings is 1. The highest BCUT2D eigenvalue weighted by atomic mass is 32.1.